The van der Waals surface area contributed by atoms with E-state index in [4.69, 9.17) is 14.5 Å². The average Bonchev–Trinajstić information content (AvgIpc) is 3.48. The molecule has 5 nitrogen and oxygen atoms in total. The van der Waals surface area contributed by atoms with Gasteiger partial charge >= 0.3 is 0 Å². The third kappa shape index (κ3) is 4.64. The van der Waals surface area contributed by atoms with Crippen LogP contribution in [0.15, 0.2) is 78.9 Å². The molecule has 2 heterocycles. The first-order chi connectivity index (χ1) is 16.3. The zero-order chi connectivity index (χ0) is 22.5. The fourth-order valence-corrected chi connectivity index (χ4v) is 4.23. The highest BCUT2D eigenvalue weighted by Gasteiger charge is 2.19. The van der Waals surface area contributed by atoms with Crippen LogP contribution >= 0.6 is 0 Å². The highest BCUT2D eigenvalue weighted by atomic mass is 16.7. The topological polar surface area (TPSA) is 48.3 Å². The summed E-state index contributed by atoms with van der Waals surface area (Å²) in [6.45, 7) is 4.94. The van der Waals surface area contributed by atoms with Crippen LogP contribution in [0.25, 0.3) is 22.6 Å². The third-order valence-corrected chi connectivity index (χ3v) is 5.95. The van der Waals surface area contributed by atoms with E-state index in [1.165, 1.54) is 11.3 Å². The molecule has 0 amide bonds. The van der Waals surface area contributed by atoms with E-state index in [0.29, 0.717) is 6.79 Å². The van der Waals surface area contributed by atoms with E-state index in [0.717, 1.165) is 66.6 Å². The predicted molar refractivity (Wildman–Crippen MR) is 131 cm³/mol. The summed E-state index contributed by atoms with van der Waals surface area (Å²) >= 11 is 0. The van der Waals surface area contributed by atoms with E-state index in [2.05, 4.69) is 83.5 Å². The van der Waals surface area contributed by atoms with Gasteiger partial charge in [0.25, 0.3) is 0 Å². The number of rotatable bonds is 9. The SMILES string of the molecule is CCCCn1c(-c2ccccc2)nc(-c2ccccc2)c1CNCc1ccc2c(c1)OCO2. The van der Waals surface area contributed by atoms with Crippen molar-refractivity contribution in [3.05, 3.63) is 90.1 Å². The maximum atomic E-state index is 5.53. The van der Waals surface area contributed by atoms with Gasteiger partial charge in [0, 0.05) is 30.8 Å². The maximum absolute atomic E-state index is 5.53. The molecular formula is C28H29N3O2. The normalized spacial score (nSPS) is 12.3. The number of aromatic nitrogens is 2. The summed E-state index contributed by atoms with van der Waals surface area (Å²) in [5.74, 6) is 2.66. The van der Waals surface area contributed by atoms with Crippen LogP contribution in [0, 0.1) is 0 Å². The minimum atomic E-state index is 0.297. The van der Waals surface area contributed by atoms with Crippen LogP contribution in [0.2, 0.25) is 0 Å². The number of fused-ring (bicyclic) bond motifs is 1. The number of nitrogens with zero attached hydrogens (tertiary/aromatic N) is 2. The molecular weight excluding hydrogens is 410 g/mol. The Morgan fingerprint density at radius 1 is 0.848 bits per heavy atom. The lowest BCUT2D eigenvalue weighted by atomic mass is 10.1. The first kappa shape index (κ1) is 21.3. The molecule has 5 heteroatoms. The molecule has 168 valence electrons. The van der Waals surface area contributed by atoms with Gasteiger partial charge in [0.2, 0.25) is 6.79 Å². The summed E-state index contributed by atoms with van der Waals surface area (Å²) in [4.78, 5) is 5.16. The summed E-state index contributed by atoms with van der Waals surface area (Å²) < 4.78 is 13.4. The molecule has 0 radical (unpaired) electrons. The van der Waals surface area contributed by atoms with Crippen LogP contribution in [0.3, 0.4) is 0 Å². The minimum absolute atomic E-state index is 0.297. The maximum Gasteiger partial charge on any atom is 0.231 e. The second kappa shape index (κ2) is 9.92. The smallest absolute Gasteiger partial charge is 0.231 e. The number of nitrogens with one attached hydrogen (secondary N) is 1. The lowest BCUT2D eigenvalue weighted by molar-refractivity contribution is 0.174. The summed E-state index contributed by atoms with van der Waals surface area (Å²) in [5, 5.41) is 3.64. The van der Waals surface area contributed by atoms with Crippen LogP contribution in [0.4, 0.5) is 0 Å². The van der Waals surface area contributed by atoms with Gasteiger partial charge in [-0.2, -0.15) is 0 Å². The molecule has 0 saturated heterocycles. The van der Waals surface area contributed by atoms with Gasteiger partial charge in [0.15, 0.2) is 11.5 Å². The van der Waals surface area contributed by atoms with Gasteiger partial charge in [-0.3, -0.25) is 0 Å². The van der Waals surface area contributed by atoms with Crippen molar-refractivity contribution in [2.45, 2.75) is 39.4 Å². The molecule has 1 aromatic heterocycles. The molecule has 0 spiro atoms. The second-order valence-electron chi connectivity index (χ2n) is 8.26. The molecule has 0 aliphatic carbocycles. The molecule has 0 unspecified atom stereocenters. The number of hydrogen-bond acceptors (Lipinski definition) is 4. The molecule has 0 atom stereocenters. The Kier molecular flexibility index (Phi) is 6.40. The van der Waals surface area contributed by atoms with Crippen LogP contribution in [0.5, 0.6) is 11.5 Å². The van der Waals surface area contributed by atoms with Crippen molar-refractivity contribution in [2.24, 2.45) is 0 Å². The zero-order valence-electron chi connectivity index (χ0n) is 19.0. The van der Waals surface area contributed by atoms with Crippen LogP contribution in [-0.2, 0) is 19.6 Å². The zero-order valence-corrected chi connectivity index (χ0v) is 19.0. The summed E-state index contributed by atoms with van der Waals surface area (Å²) in [6.07, 6.45) is 2.25. The van der Waals surface area contributed by atoms with Gasteiger partial charge < -0.3 is 19.4 Å². The molecule has 33 heavy (non-hydrogen) atoms. The molecule has 0 fully saturated rings. The van der Waals surface area contributed by atoms with Crippen molar-refractivity contribution in [1.82, 2.24) is 14.9 Å². The fourth-order valence-electron chi connectivity index (χ4n) is 4.23. The Labute approximate surface area is 195 Å². The standard InChI is InChI=1S/C28H29N3O2/c1-2-3-16-31-24(19-29-18-21-14-15-25-26(17-21)33-20-32-25)27(22-10-6-4-7-11-22)30-28(31)23-12-8-5-9-13-23/h4-15,17,29H,2-3,16,18-20H2,1H3. The van der Waals surface area contributed by atoms with Gasteiger partial charge in [-0.1, -0.05) is 80.1 Å². The molecule has 1 N–H and O–H groups in total. The van der Waals surface area contributed by atoms with Gasteiger partial charge in [0.1, 0.15) is 5.82 Å². The van der Waals surface area contributed by atoms with Crippen molar-refractivity contribution in [2.75, 3.05) is 6.79 Å². The number of imidazole rings is 1. The lowest BCUT2D eigenvalue weighted by Crippen LogP contribution is -2.17. The van der Waals surface area contributed by atoms with E-state index in [9.17, 15) is 0 Å². The predicted octanol–water partition coefficient (Wildman–Crippen LogP) is 6.04. The molecule has 5 rings (SSSR count). The number of hydrogen-bond donors (Lipinski definition) is 1. The Balaban J connectivity index is 1.47. The molecule has 0 saturated carbocycles. The Morgan fingerprint density at radius 3 is 2.33 bits per heavy atom. The van der Waals surface area contributed by atoms with Crippen molar-refractivity contribution < 1.29 is 9.47 Å². The van der Waals surface area contributed by atoms with Crippen molar-refractivity contribution in [3.8, 4) is 34.1 Å². The van der Waals surface area contributed by atoms with Gasteiger partial charge in [-0.15, -0.1) is 0 Å². The Bertz CT molecular complexity index is 1200. The van der Waals surface area contributed by atoms with Gasteiger partial charge in [-0.25, -0.2) is 4.98 Å². The van der Waals surface area contributed by atoms with Gasteiger partial charge in [0.05, 0.1) is 11.4 Å². The first-order valence-electron chi connectivity index (χ1n) is 11.6. The van der Waals surface area contributed by atoms with Crippen LogP contribution < -0.4 is 14.8 Å². The molecule has 3 aromatic carbocycles. The Morgan fingerprint density at radius 2 is 1.58 bits per heavy atom. The van der Waals surface area contributed by atoms with Gasteiger partial charge in [-0.05, 0) is 24.1 Å². The summed E-state index contributed by atoms with van der Waals surface area (Å²) in [7, 11) is 0. The lowest BCUT2D eigenvalue weighted by Gasteiger charge is -2.14. The molecule has 4 aromatic rings. The van der Waals surface area contributed by atoms with E-state index in [-0.39, 0.29) is 0 Å². The van der Waals surface area contributed by atoms with Crippen molar-refractivity contribution in [3.63, 3.8) is 0 Å². The monoisotopic (exact) mass is 439 g/mol. The highest BCUT2D eigenvalue weighted by Crippen LogP contribution is 2.33. The van der Waals surface area contributed by atoms with E-state index in [1.807, 2.05) is 12.1 Å². The third-order valence-electron chi connectivity index (χ3n) is 5.95. The summed E-state index contributed by atoms with van der Waals surface area (Å²) in [6, 6.07) is 27.1. The largest absolute Gasteiger partial charge is 0.454 e. The quantitative estimate of drug-likeness (QED) is 0.346. The second-order valence-corrected chi connectivity index (χ2v) is 8.26. The Hall–Kier alpha value is -3.57. The number of unbranched alkanes of at least 4 members (excludes halogenated alkanes) is 1. The van der Waals surface area contributed by atoms with Crippen molar-refractivity contribution in [1.29, 1.82) is 0 Å². The molecule has 0 bridgehead atoms. The minimum Gasteiger partial charge on any atom is -0.454 e. The van der Waals surface area contributed by atoms with E-state index >= 15 is 0 Å². The highest BCUT2D eigenvalue weighted by molar-refractivity contribution is 5.68. The van der Waals surface area contributed by atoms with Crippen molar-refractivity contribution >= 4 is 0 Å². The molecule has 1 aliphatic heterocycles. The fraction of sp³-hybridized carbons (Fsp3) is 0.250. The average molecular weight is 440 g/mol. The number of benzene rings is 3. The number of ether oxygens (including phenoxy) is 2. The van der Waals surface area contributed by atoms with Crippen LogP contribution in [-0.4, -0.2) is 16.3 Å². The van der Waals surface area contributed by atoms with E-state index < -0.39 is 0 Å². The first-order valence-corrected chi connectivity index (χ1v) is 11.6. The summed E-state index contributed by atoms with van der Waals surface area (Å²) in [5.41, 5.74) is 5.72. The molecule has 1 aliphatic rings. The van der Waals surface area contributed by atoms with E-state index in [1.54, 1.807) is 0 Å². The van der Waals surface area contributed by atoms with Crippen LogP contribution in [0.1, 0.15) is 31.0 Å².